The van der Waals surface area contributed by atoms with E-state index in [9.17, 15) is 13.6 Å². The molecule has 1 aromatic rings. The number of alkyl halides is 2. The van der Waals surface area contributed by atoms with Crippen molar-refractivity contribution in [2.24, 2.45) is 5.92 Å². The molecule has 4 nitrogen and oxygen atoms in total. The first-order valence-electron chi connectivity index (χ1n) is 6.62. The smallest absolute Gasteiger partial charge is 0.255 e. The van der Waals surface area contributed by atoms with Gasteiger partial charge in [0.1, 0.15) is 0 Å². The van der Waals surface area contributed by atoms with Gasteiger partial charge in [-0.2, -0.15) is 0 Å². The average molecular weight is 339 g/mol. The molecule has 1 aliphatic heterocycles. The van der Waals surface area contributed by atoms with Crippen molar-refractivity contribution in [1.29, 1.82) is 0 Å². The number of likely N-dealkylation sites (tertiary alicyclic amines) is 1. The van der Waals surface area contributed by atoms with Crippen LogP contribution in [0.4, 0.5) is 8.78 Å². The molecule has 21 heavy (non-hydrogen) atoms. The summed E-state index contributed by atoms with van der Waals surface area (Å²) in [5, 5.41) is 11.7. The summed E-state index contributed by atoms with van der Waals surface area (Å²) in [4.78, 5) is 14.4. The second-order valence-electron chi connectivity index (χ2n) is 5.11. The fourth-order valence-corrected chi connectivity index (χ4v) is 3.30. The Hall–Kier alpha value is -0.760. The van der Waals surface area contributed by atoms with Crippen molar-refractivity contribution >= 4 is 28.8 Å². The predicted octanol–water partition coefficient (Wildman–Crippen LogP) is 1.97. The van der Waals surface area contributed by atoms with Gasteiger partial charge in [0, 0.05) is 24.4 Å². The third-order valence-electron chi connectivity index (χ3n) is 3.51. The summed E-state index contributed by atoms with van der Waals surface area (Å²) in [6.07, 6.45) is -0.327. The van der Waals surface area contributed by atoms with Gasteiger partial charge in [0.05, 0.1) is 30.0 Å². The SMILES string of the molecule is O=C(CN1CCC(F)(F)C(CO)C1)NCc1ccc(Cl)s1. The average Bonchev–Trinajstić information content (AvgIpc) is 2.84. The number of aliphatic hydroxyl groups is 1. The van der Waals surface area contributed by atoms with Crippen LogP contribution >= 0.6 is 22.9 Å². The number of halogens is 3. The Labute approximate surface area is 130 Å². The largest absolute Gasteiger partial charge is 0.396 e. The van der Waals surface area contributed by atoms with E-state index < -0.39 is 18.4 Å². The van der Waals surface area contributed by atoms with Gasteiger partial charge in [-0.3, -0.25) is 9.69 Å². The van der Waals surface area contributed by atoms with Crippen LogP contribution in [0.1, 0.15) is 11.3 Å². The molecular formula is C13H17ClF2N2O2S. The molecular weight excluding hydrogens is 322 g/mol. The molecule has 0 aliphatic carbocycles. The van der Waals surface area contributed by atoms with E-state index in [1.807, 2.05) is 6.07 Å². The van der Waals surface area contributed by atoms with E-state index in [0.717, 1.165) is 4.88 Å². The maximum atomic E-state index is 13.5. The number of hydrogen-bond acceptors (Lipinski definition) is 4. The molecule has 0 saturated carbocycles. The van der Waals surface area contributed by atoms with Crippen LogP contribution in [-0.2, 0) is 11.3 Å². The maximum Gasteiger partial charge on any atom is 0.255 e. The van der Waals surface area contributed by atoms with E-state index in [2.05, 4.69) is 5.32 Å². The molecule has 1 fully saturated rings. The number of piperidine rings is 1. The fraction of sp³-hybridized carbons (Fsp3) is 0.615. The van der Waals surface area contributed by atoms with Crippen LogP contribution in [-0.4, -0.2) is 48.1 Å². The van der Waals surface area contributed by atoms with Crippen LogP contribution < -0.4 is 5.32 Å². The number of amides is 1. The zero-order valence-corrected chi connectivity index (χ0v) is 12.9. The Balaban J connectivity index is 1.78. The monoisotopic (exact) mass is 338 g/mol. The van der Waals surface area contributed by atoms with Gasteiger partial charge in [0.25, 0.3) is 5.92 Å². The number of carbonyl (C=O) groups excluding carboxylic acids is 1. The highest BCUT2D eigenvalue weighted by Gasteiger charge is 2.43. The molecule has 1 atom stereocenters. The molecule has 2 rings (SSSR count). The molecule has 1 aliphatic rings. The van der Waals surface area contributed by atoms with E-state index in [1.165, 1.54) is 11.3 Å². The van der Waals surface area contributed by atoms with E-state index in [-0.39, 0.29) is 32.0 Å². The number of thiophene rings is 1. The van der Waals surface area contributed by atoms with Crippen LogP contribution in [0.25, 0.3) is 0 Å². The molecule has 1 amide bonds. The normalized spacial score (nSPS) is 22.2. The van der Waals surface area contributed by atoms with E-state index in [1.54, 1.807) is 11.0 Å². The van der Waals surface area contributed by atoms with Gasteiger partial charge in [-0.15, -0.1) is 11.3 Å². The lowest BCUT2D eigenvalue weighted by atomic mass is 9.94. The molecule has 1 saturated heterocycles. The lowest BCUT2D eigenvalue weighted by Crippen LogP contribution is -2.51. The van der Waals surface area contributed by atoms with Crippen molar-refractivity contribution in [2.75, 3.05) is 26.2 Å². The first-order chi connectivity index (χ1) is 9.90. The zero-order valence-electron chi connectivity index (χ0n) is 11.3. The predicted molar refractivity (Wildman–Crippen MR) is 77.8 cm³/mol. The standard InChI is InChI=1S/C13H17ClF2N2O2S/c14-11-2-1-10(21-11)5-17-12(20)7-18-4-3-13(15,16)9(6-18)8-19/h1-2,9,19H,3-8H2,(H,17,20). The summed E-state index contributed by atoms with van der Waals surface area (Å²) in [6.45, 7) is 0.0532. The summed E-state index contributed by atoms with van der Waals surface area (Å²) in [5.41, 5.74) is 0. The van der Waals surface area contributed by atoms with Gasteiger partial charge in [-0.1, -0.05) is 11.6 Å². The Morgan fingerprint density at radius 1 is 1.57 bits per heavy atom. The zero-order chi connectivity index (χ0) is 15.5. The van der Waals surface area contributed by atoms with Crippen molar-refractivity contribution in [3.05, 3.63) is 21.3 Å². The highest BCUT2D eigenvalue weighted by molar-refractivity contribution is 7.16. The molecule has 8 heteroatoms. The van der Waals surface area contributed by atoms with Gasteiger partial charge in [-0.05, 0) is 12.1 Å². The number of carbonyl (C=O) groups is 1. The van der Waals surface area contributed by atoms with Crippen molar-refractivity contribution in [1.82, 2.24) is 10.2 Å². The third kappa shape index (κ3) is 4.60. The Kier molecular flexibility index (Phi) is 5.54. The third-order valence-corrected chi connectivity index (χ3v) is 4.74. The lowest BCUT2D eigenvalue weighted by molar-refractivity contribution is -0.133. The number of rotatable bonds is 5. The quantitative estimate of drug-likeness (QED) is 0.863. The van der Waals surface area contributed by atoms with Crippen LogP contribution in [0.5, 0.6) is 0 Å². The minimum absolute atomic E-state index is 0.0295. The van der Waals surface area contributed by atoms with E-state index in [0.29, 0.717) is 10.9 Å². The van der Waals surface area contributed by atoms with Gasteiger partial charge < -0.3 is 10.4 Å². The van der Waals surface area contributed by atoms with Crippen molar-refractivity contribution in [3.63, 3.8) is 0 Å². The highest BCUT2D eigenvalue weighted by Crippen LogP contribution is 2.32. The first-order valence-corrected chi connectivity index (χ1v) is 7.82. The summed E-state index contributed by atoms with van der Waals surface area (Å²) >= 11 is 7.18. The maximum absolute atomic E-state index is 13.5. The van der Waals surface area contributed by atoms with Crippen LogP contribution in [0.2, 0.25) is 4.34 Å². The summed E-state index contributed by atoms with van der Waals surface area (Å²) in [7, 11) is 0. The molecule has 118 valence electrons. The first kappa shape index (κ1) is 16.6. The fourth-order valence-electron chi connectivity index (χ4n) is 2.27. The summed E-state index contributed by atoms with van der Waals surface area (Å²) in [5.74, 6) is -4.17. The van der Waals surface area contributed by atoms with Gasteiger partial charge in [0.15, 0.2) is 0 Å². The Bertz CT molecular complexity index is 498. The van der Waals surface area contributed by atoms with Crippen LogP contribution in [0.3, 0.4) is 0 Å². The molecule has 0 spiro atoms. The number of aliphatic hydroxyl groups excluding tert-OH is 1. The molecule has 2 heterocycles. The van der Waals surface area contributed by atoms with Crippen molar-refractivity contribution in [3.8, 4) is 0 Å². The minimum atomic E-state index is -2.85. The number of hydrogen-bond donors (Lipinski definition) is 2. The molecule has 0 radical (unpaired) electrons. The van der Waals surface area contributed by atoms with Gasteiger partial charge >= 0.3 is 0 Å². The highest BCUT2D eigenvalue weighted by atomic mass is 35.5. The number of nitrogens with one attached hydrogen (secondary N) is 1. The lowest BCUT2D eigenvalue weighted by Gasteiger charge is -2.37. The topological polar surface area (TPSA) is 52.6 Å². The number of nitrogens with zero attached hydrogens (tertiary/aromatic N) is 1. The molecule has 0 bridgehead atoms. The van der Waals surface area contributed by atoms with Gasteiger partial charge in [0.2, 0.25) is 5.91 Å². The van der Waals surface area contributed by atoms with Crippen molar-refractivity contribution in [2.45, 2.75) is 18.9 Å². The summed E-state index contributed by atoms with van der Waals surface area (Å²) in [6, 6.07) is 3.59. The van der Waals surface area contributed by atoms with Crippen molar-refractivity contribution < 1.29 is 18.7 Å². The summed E-state index contributed by atoms with van der Waals surface area (Å²) < 4.78 is 27.6. The van der Waals surface area contributed by atoms with Gasteiger partial charge in [-0.25, -0.2) is 8.78 Å². The minimum Gasteiger partial charge on any atom is -0.396 e. The molecule has 0 aromatic carbocycles. The molecule has 1 aromatic heterocycles. The Morgan fingerprint density at radius 2 is 2.33 bits per heavy atom. The second kappa shape index (κ2) is 7.00. The second-order valence-corrected chi connectivity index (χ2v) is 6.91. The molecule has 1 unspecified atom stereocenters. The van der Waals surface area contributed by atoms with Crippen LogP contribution in [0.15, 0.2) is 12.1 Å². The Morgan fingerprint density at radius 3 is 2.95 bits per heavy atom. The molecule has 2 N–H and O–H groups in total. The van der Waals surface area contributed by atoms with E-state index in [4.69, 9.17) is 16.7 Å². The van der Waals surface area contributed by atoms with Crippen LogP contribution in [0, 0.1) is 5.92 Å². The van der Waals surface area contributed by atoms with E-state index >= 15 is 0 Å².